The van der Waals surface area contributed by atoms with Crippen LogP contribution in [-0.2, 0) is 14.3 Å². The largest absolute Gasteiger partial charge is 0.481 e. The van der Waals surface area contributed by atoms with E-state index in [0.717, 1.165) is 51.4 Å². The first kappa shape index (κ1) is 20.9. The highest BCUT2D eigenvalue weighted by Gasteiger charge is 2.11. The average Bonchev–Trinajstić information content (AvgIpc) is 2.44. The van der Waals surface area contributed by atoms with Crippen molar-refractivity contribution >= 4 is 11.9 Å². The van der Waals surface area contributed by atoms with E-state index in [1.54, 1.807) is 0 Å². The van der Waals surface area contributed by atoms with Gasteiger partial charge in [-0.15, -0.1) is 0 Å². The first-order valence-electron chi connectivity index (χ1n) is 8.95. The molecule has 0 aliphatic rings. The molecule has 4 heteroatoms. The number of carbonyl (C=O) groups is 2. The van der Waals surface area contributed by atoms with Crippen molar-refractivity contribution in [1.82, 2.24) is 0 Å². The molecule has 1 atom stereocenters. The van der Waals surface area contributed by atoms with E-state index in [-0.39, 0.29) is 18.5 Å². The molecular formula is C18H34O4. The van der Waals surface area contributed by atoms with Gasteiger partial charge in [-0.05, 0) is 32.1 Å². The molecule has 0 aliphatic carbocycles. The van der Waals surface area contributed by atoms with Gasteiger partial charge in [0, 0.05) is 13.3 Å². The van der Waals surface area contributed by atoms with Gasteiger partial charge in [0.2, 0.25) is 0 Å². The number of rotatable bonds is 15. The van der Waals surface area contributed by atoms with Crippen LogP contribution in [0.25, 0.3) is 0 Å². The third-order valence-electron chi connectivity index (χ3n) is 3.88. The zero-order valence-electron chi connectivity index (χ0n) is 14.4. The van der Waals surface area contributed by atoms with E-state index in [1.165, 1.54) is 32.6 Å². The zero-order valence-corrected chi connectivity index (χ0v) is 14.4. The molecule has 1 N–H and O–H groups in total. The molecular weight excluding hydrogens is 280 g/mol. The van der Waals surface area contributed by atoms with Gasteiger partial charge in [-0.2, -0.15) is 0 Å². The lowest BCUT2D eigenvalue weighted by Crippen LogP contribution is -2.16. The molecule has 0 rings (SSSR count). The number of carbonyl (C=O) groups excluding carboxylic acids is 1. The van der Waals surface area contributed by atoms with E-state index in [2.05, 4.69) is 6.92 Å². The molecule has 1 unspecified atom stereocenters. The summed E-state index contributed by atoms with van der Waals surface area (Å²) in [5.41, 5.74) is 0. The second kappa shape index (κ2) is 14.9. The molecule has 130 valence electrons. The molecule has 22 heavy (non-hydrogen) atoms. The van der Waals surface area contributed by atoms with Crippen LogP contribution in [0.4, 0.5) is 0 Å². The number of unbranched alkanes of at least 4 members (excludes halogenated alkanes) is 8. The first-order valence-corrected chi connectivity index (χ1v) is 8.95. The highest BCUT2D eigenvalue weighted by Crippen LogP contribution is 2.16. The van der Waals surface area contributed by atoms with Crippen LogP contribution < -0.4 is 0 Å². The van der Waals surface area contributed by atoms with E-state index in [4.69, 9.17) is 9.84 Å². The fraction of sp³-hybridized carbons (Fsp3) is 0.889. The predicted octanol–water partition coefficient (Wildman–Crippen LogP) is 5.09. The molecule has 0 fully saturated rings. The molecule has 0 aromatic carbocycles. The summed E-state index contributed by atoms with van der Waals surface area (Å²) in [5.74, 6) is -0.891. The van der Waals surface area contributed by atoms with Gasteiger partial charge in [0.15, 0.2) is 0 Å². The summed E-state index contributed by atoms with van der Waals surface area (Å²) < 4.78 is 5.40. The van der Waals surface area contributed by atoms with Crippen molar-refractivity contribution in [1.29, 1.82) is 0 Å². The third-order valence-corrected chi connectivity index (χ3v) is 3.88. The van der Waals surface area contributed by atoms with Gasteiger partial charge in [0.05, 0.1) is 0 Å². The summed E-state index contributed by atoms with van der Waals surface area (Å²) in [6, 6.07) is 0. The Hall–Kier alpha value is -1.06. The second-order valence-corrected chi connectivity index (χ2v) is 6.13. The van der Waals surface area contributed by atoms with Gasteiger partial charge in [0.25, 0.3) is 0 Å². The number of ether oxygens (including phenoxy) is 1. The smallest absolute Gasteiger partial charge is 0.303 e. The van der Waals surface area contributed by atoms with Crippen molar-refractivity contribution in [2.24, 2.45) is 0 Å². The molecule has 0 radical (unpaired) electrons. The van der Waals surface area contributed by atoms with Crippen molar-refractivity contribution in [3.63, 3.8) is 0 Å². The number of aliphatic carboxylic acids is 1. The van der Waals surface area contributed by atoms with Gasteiger partial charge in [-0.1, -0.05) is 51.9 Å². The van der Waals surface area contributed by atoms with Crippen LogP contribution in [0.1, 0.15) is 97.3 Å². The number of hydrogen-bond donors (Lipinski definition) is 1. The average molecular weight is 314 g/mol. The van der Waals surface area contributed by atoms with Crippen molar-refractivity contribution in [2.75, 3.05) is 0 Å². The topological polar surface area (TPSA) is 63.6 Å². The van der Waals surface area contributed by atoms with Crippen LogP contribution in [0.2, 0.25) is 0 Å². The Kier molecular flexibility index (Phi) is 14.1. The summed E-state index contributed by atoms with van der Waals surface area (Å²) in [4.78, 5) is 21.5. The minimum absolute atomic E-state index is 0.0677. The van der Waals surface area contributed by atoms with E-state index in [1.807, 2.05) is 0 Å². The summed E-state index contributed by atoms with van der Waals surface area (Å²) in [6.07, 6.45) is 13.4. The number of hydrogen-bond acceptors (Lipinski definition) is 3. The standard InChI is InChI=1S/C18H34O4/c1-3-4-5-7-10-13-17(22-16(2)19)14-11-8-6-9-12-15-18(20)21/h17H,3-15H2,1-2H3,(H,20,21). The molecule has 0 saturated heterocycles. The van der Waals surface area contributed by atoms with Gasteiger partial charge in [-0.25, -0.2) is 0 Å². The lowest BCUT2D eigenvalue weighted by Gasteiger charge is -2.17. The highest BCUT2D eigenvalue weighted by atomic mass is 16.5. The van der Waals surface area contributed by atoms with Crippen molar-refractivity contribution in [2.45, 2.75) is 103 Å². The Morgan fingerprint density at radius 1 is 0.864 bits per heavy atom. The zero-order chi connectivity index (χ0) is 16.6. The van der Waals surface area contributed by atoms with Crippen molar-refractivity contribution in [3.8, 4) is 0 Å². The summed E-state index contributed by atoms with van der Waals surface area (Å²) in [6.45, 7) is 3.69. The van der Waals surface area contributed by atoms with Gasteiger partial charge in [0.1, 0.15) is 6.10 Å². The summed E-state index contributed by atoms with van der Waals surface area (Å²) in [5, 5.41) is 8.56. The van der Waals surface area contributed by atoms with Crippen molar-refractivity contribution < 1.29 is 19.4 Å². The minimum Gasteiger partial charge on any atom is -0.481 e. The molecule has 0 spiro atoms. The molecule has 0 aromatic heterocycles. The molecule has 0 bridgehead atoms. The van der Waals surface area contributed by atoms with E-state index >= 15 is 0 Å². The van der Waals surface area contributed by atoms with Crippen molar-refractivity contribution in [3.05, 3.63) is 0 Å². The maximum Gasteiger partial charge on any atom is 0.303 e. The van der Waals surface area contributed by atoms with Crippen LogP contribution in [0.3, 0.4) is 0 Å². The Balaban J connectivity index is 3.66. The molecule has 0 heterocycles. The highest BCUT2D eigenvalue weighted by molar-refractivity contribution is 5.66. The number of carboxylic acids is 1. The van der Waals surface area contributed by atoms with Crippen LogP contribution in [0.15, 0.2) is 0 Å². The van der Waals surface area contributed by atoms with Crippen LogP contribution >= 0.6 is 0 Å². The second-order valence-electron chi connectivity index (χ2n) is 6.13. The van der Waals surface area contributed by atoms with E-state index in [0.29, 0.717) is 0 Å². The molecule has 0 aliphatic heterocycles. The van der Waals surface area contributed by atoms with E-state index < -0.39 is 5.97 Å². The Labute approximate surface area is 135 Å². The Morgan fingerprint density at radius 2 is 1.36 bits per heavy atom. The Morgan fingerprint density at radius 3 is 1.86 bits per heavy atom. The predicted molar refractivity (Wildman–Crippen MR) is 88.9 cm³/mol. The summed E-state index contributed by atoms with van der Waals surface area (Å²) >= 11 is 0. The lowest BCUT2D eigenvalue weighted by molar-refractivity contribution is -0.147. The molecule has 0 amide bonds. The van der Waals surface area contributed by atoms with Gasteiger partial charge >= 0.3 is 11.9 Å². The number of esters is 1. The fourth-order valence-corrected chi connectivity index (χ4v) is 2.65. The third kappa shape index (κ3) is 15.3. The van der Waals surface area contributed by atoms with Gasteiger partial charge < -0.3 is 9.84 Å². The van der Waals surface area contributed by atoms with E-state index in [9.17, 15) is 9.59 Å². The quantitative estimate of drug-likeness (QED) is 0.337. The van der Waals surface area contributed by atoms with Crippen LogP contribution in [-0.4, -0.2) is 23.1 Å². The Bertz CT molecular complexity index is 289. The monoisotopic (exact) mass is 314 g/mol. The molecule has 0 saturated carbocycles. The minimum atomic E-state index is -0.710. The van der Waals surface area contributed by atoms with Gasteiger partial charge in [-0.3, -0.25) is 9.59 Å². The maximum atomic E-state index is 11.1. The van der Waals surface area contributed by atoms with Crippen LogP contribution in [0.5, 0.6) is 0 Å². The number of carboxylic acid groups (broad SMARTS) is 1. The van der Waals surface area contributed by atoms with Crippen LogP contribution in [0, 0.1) is 0 Å². The molecule has 0 aromatic rings. The fourth-order valence-electron chi connectivity index (χ4n) is 2.65. The maximum absolute atomic E-state index is 11.1. The SMILES string of the molecule is CCCCCCCC(CCCCCCCC(=O)O)OC(C)=O. The molecule has 4 nitrogen and oxygen atoms in total. The normalized spacial score (nSPS) is 12.1. The summed E-state index contributed by atoms with van der Waals surface area (Å²) in [7, 11) is 0. The first-order chi connectivity index (χ1) is 10.6. The lowest BCUT2D eigenvalue weighted by atomic mass is 10.0.